The van der Waals surface area contributed by atoms with Crippen molar-refractivity contribution in [2.24, 2.45) is 17.6 Å². The number of nitrogens with one attached hydrogen (secondary N) is 4. The zero-order chi connectivity index (χ0) is 34.2. The average molecular weight is 645 g/mol. The largest absolute Gasteiger partial charge is 0.461 e. The highest BCUT2D eigenvalue weighted by Crippen LogP contribution is 2.19. The lowest BCUT2D eigenvalue weighted by Gasteiger charge is -2.25. The molecule has 0 aliphatic carbocycles. The van der Waals surface area contributed by atoms with Crippen LogP contribution in [0.2, 0.25) is 0 Å². The van der Waals surface area contributed by atoms with Crippen LogP contribution in [-0.2, 0) is 40.1 Å². The number of anilines is 1. The lowest BCUT2D eigenvalue weighted by molar-refractivity contribution is -0.144. The summed E-state index contributed by atoms with van der Waals surface area (Å²) in [5.41, 5.74) is 6.33. The summed E-state index contributed by atoms with van der Waals surface area (Å²) in [5, 5.41) is 10.7. The monoisotopic (exact) mass is 644 g/mol. The Morgan fingerprint density at radius 3 is 2.26 bits per heavy atom. The molecule has 1 aromatic carbocycles. The van der Waals surface area contributed by atoms with E-state index < -0.39 is 29.9 Å². The zero-order valence-electron chi connectivity index (χ0n) is 27.2. The lowest BCUT2D eigenvalue weighted by atomic mass is 10.0. The van der Waals surface area contributed by atoms with E-state index in [-0.39, 0.29) is 74.4 Å². The highest BCUT2D eigenvalue weighted by molar-refractivity contribution is 6.03. The zero-order valence-corrected chi connectivity index (χ0v) is 27.2. The van der Waals surface area contributed by atoms with Gasteiger partial charge in [0, 0.05) is 44.0 Å². The third-order valence-corrected chi connectivity index (χ3v) is 7.53. The van der Waals surface area contributed by atoms with Crippen LogP contribution in [0.5, 0.6) is 0 Å². The first-order chi connectivity index (χ1) is 21.8. The fourth-order valence-corrected chi connectivity index (χ4v) is 4.82. The topological polar surface area (TPSA) is 206 Å². The van der Waals surface area contributed by atoms with E-state index in [1.165, 1.54) is 4.90 Å². The van der Waals surface area contributed by atoms with Gasteiger partial charge in [-0.25, -0.2) is 4.79 Å². The van der Waals surface area contributed by atoms with E-state index in [0.717, 1.165) is 5.56 Å². The maximum absolute atomic E-state index is 13.3. The van der Waals surface area contributed by atoms with Crippen LogP contribution in [-0.4, -0.2) is 71.6 Å². The van der Waals surface area contributed by atoms with Crippen molar-refractivity contribution in [2.45, 2.75) is 97.8 Å². The smallest absolute Gasteiger partial charge is 0.312 e. The Kier molecular flexibility index (Phi) is 15.7. The second-order valence-corrected chi connectivity index (χ2v) is 11.8. The Morgan fingerprint density at radius 1 is 0.978 bits per heavy atom. The number of hydrogen-bond acceptors (Lipinski definition) is 8. The summed E-state index contributed by atoms with van der Waals surface area (Å²) in [7, 11) is 0. The number of rotatable bonds is 19. The predicted molar refractivity (Wildman–Crippen MR) is 170 cm³/mol. The number of primary amides is 1. The van der Waals surface area contributed by atoms with Crippen LogP contribution in [0.4, 0.5) is 10.5 Å². The molecule has 2 unspecified atom stereocenters. The van der Waals surface area contributed by atoms with Gasteiger partial charge in [0.2, 0.25) is 29.5 Å². The summed E-state index contributed by atoms with van der Waals surface area (Å²) in [6, 6.07) is 4.13. The van der Waals surface area contributed by atoms with Crippen molar-refractivity contribution >= 4 is 47.2 Å². The van der Waals surface area contributed by atoms with E-state index in [2.05, 4.69) is 21.3 Å². The van der Waals surface area contributed by atoms with Gasteiger partial charge in [-0.05, 0) is 49.3 Å². The summed E-state index contributed by atoms with van der Waals surface area (Å²) in [6.45, 7) is 7.63. The van der Waals surface area contributed by atoms with Gasteiger partial charge in [0.1, 0.15) is 18.7 Å². The van der Waals surface area contributed by atoms with Crippen molar-refractivity contribution in [3.05, 3.63) is 29.8 Å². The maximum atomic E-state index is 13.3. The Labute approximate surface area is 269 Å². The summed E-state index contributed by atoms with van der Waals surface area (Å²) >= 11 is 0. The standard InChI is InChI=1S/C32H48N6O8/c1-5-27(41)46-19-22-12-14-23(15-13-22)35-29(42)24(10-9-16-34-32(33)45)36-30(43)28(20(2)3)37-25(39)11-7-6-8-17-38-26(40)18-21(4)31(38)44/h12-15,20-21,24,28H,5-11,16-19H2,1-4H3,(H,35,42)(H,36,43)(H,37,39)(H3,33,34,45)/t21?,24-,28?/m0/s1. The Balaban J connectivity index is 1.94. The number of nitrogens with zero attached hydrogens (tertiary/aromatic N) is 1. The predicted octanol–water partition coefficient (Wildman–Crippen LogP) is 2.11. The molecule has 14 nitrogen and oxygen atoms in total. The summed E-state index contributed by atoms with van der Waals surface area (Å²) in [6.07, 6.45) is 2.92. The molecule has 2 rings (SSSR count). The number of esters is 1. The molecule has 7 amide bonds. The number of likely N-dealkylation sites (tertiary alicyclic amines) is 1. The van der Waals surface area contributed by atoms with E-state index >= 15 is 0 Å². The molecule has 1 aliphatic heterocycles. The highest BCUT2D eigenvalue weighted by atomic mass is 16.5. The van der Waals surface area contributed by atoms with E-state index in [9.17, 15) is 33.6 Å². The lowest BCUT2D eigenvalue weighted by Crippen LogP contribution is -2.54. The van der Waals surface area contributed by atoms with Gasteiger partial charge >= 0.3 is 12.0 Å². The van der Waals surface area contributed by atoms with Crippen LogP contribution >= 0.6 is 0 Å². The van der Waals surface area contributed by atoms with Gasteiger partial charge in [-0.3, -0.25) is 33.7 Å². The highest BCUT2D eigenvalue weighted by Gasteiger charge is 2.35. The minimum Gasteiger partial charge on any atom is -0.461 e. The first-order valence-corrected chi connectivity index (χ1v) is 15.8. The third-order valence-electron chi connectivity index (χ3n) is 7.53. The van der Waals surface area contributed by atoms with Crippen molar-refractivity contribution < 1.29 is 38.3 Å². The number of carbonyl (C=O) groups excluding carboxylic acids is 7. The molecule has 0 aromatic heterocycles. The van der Waals surface area contributed by atoms with Crippen molar-refractivity contribution in [3.8, 4) is 0 Å². The molecular weight excluding hydrogens is 596 g/mol. The minimum absolute atomic E-state index is 0.106. The molecule has 0 saturated carbocycles. The Bertz CT molecular complexity index is 1240. The van der Waals surface area contributed by atoms with Crippen LogP contribution in [0.3, 0.4) is 0 Å². The van der Waals surface area contributed by atoms with Crippen molar-refractivity contribution in [1.29, 1.82) is 0 Å². The molecule has 0 bridgehead atoms. The number of amides is 7. The first kappa shape index (κ1) is 37.7. The molecule has 1 fully saturated rings. The Hall–Kier alpha value is -4.49. The van der Waals surface area contributed by atoms with Crippen molar-refractivity contribution in [2.75, 3.05) is 18.4 Å². The third kappa shape index (κ3) is 12.9. The molecule has 1 heterocycles. The van der Waals surface area contributed by atoms with E-state index in [0.29, 0.717) is 37.9 Å². The number of urea groups is 1. The van der Waals surface area contributed by atoms with Crippen LogP contribution in [0.25, 0.3) is 0 Å². The normalized spacial score (nSPS) is 15.7. The first-order valence-electron chi connectivity index (χ1n) is 15.8. The van der Waals surface area contributed by atoms with Gasteiger partial charge in [0.15, 0.2) is 0 Å². The molecule has 0 radical (unpaired) electrons. The summed E-state index contributed by atoms with van der Waals surface area (Å²) in [5.74, 6) is -2.56. The molecule has 3 atom stereocenters. The van der Waals surface area contributed by atoms with Crippen molar-refractivity contribution in [1.82, 2.24) is 20.9 Å². The molecular formula is C32H48N6O8. The summed E-state index contributed by atoms with van der Waals surface area (Å²) < 4.78 is 5.12. The summed E-state index contributed by atoms with van der Waals surface area (Å²) in [4.78, 5) is 87.0. The van der Waals surface area contributed by atoms with Gasteiger partial charge < -0.3 is 31.7 Å². The van der Waals surface area contributed by atoms with E-state index in [1.54, 1.807) is 52.0 Å². The maximum Gasteiger partial charge on any atom is 0.312 e. The fourth-order valence-electron chi connectivity index (χ4n) is 4.82. The van der Waals surface area contributed by atoms with Crippen LogP contribution in [0, 0.1) is 11.8 Å². The van der Waals surface area contributed by atoms with E-state index in [4.69, 9.17) is 10.5 Å². The van der Waals surface area contributed by atoms with Gasteiger partial charge in [0.05, 0.1) is 0 Å². The minimum atomic E-state index is -0.982. The Morgan fingerprint density at radius 2 is 1.67 bits per heavy atom. The number of ether oxygens (including phenoxy) is 1. The van der Waals surface area contributed by atoms with Gasteiger partial charge in [0.25, 0.3) is 0 Å². The number of carbonyl (C=O) groups is 7. The van der Waals surface area contributed by atoms with Gasteiger partial charge in [-0.15, -0.1) is 0 Å². The molecule has 6 N–H and O–H groups in total. The number of unbranched alkanes of at least 4 members (excludes halogenated alkanes) is 2. The molecule has 254 valence electrons. The molecule has 1 aromatic rings. The molecule has 0 spiro atoms. The quantitative estimate of drug-likeness (QED) is 0.0854. The number of hydrogen-bond donors (Lipinski definition) is 5. The number of benzene rings is 1. The van der Waals surface area contributed by atoms with Crippen LogP contribution < -0.4 is 27.0 Å². The number of nitrogens with two attached hydrogens (primary N) is 1. The fraction of sp³-hybridized carbons (Fsp3) is 0.594. The van der Waals surface area contributed by atoms with Crippen LogP contribution in [0.1, 0.15) is 84.6 Å². The number of imide groups is 1. The van der Waals surface area contributed by atoms with E-state index in [1.807, 2.05) is 0 Å². The average Bonchev–Trinajstić information content (AvgIpc) is 3.25. The second kappa shape index (κ2) is 19.1. The SMILES string of the molecule is CCC(=O)OCc1ccc(NC(=O)[C@H](CCCNC(N)=O)NC(=O)C(NC(=O)CCCCCN2C(=O)CC(C)C2=O)C(C)C)cc1. The molecule has 1 saturated heterocycles. The van der Waals surface area contributed by atoms with Crippen molar-refractivity contribution in [3.63, 3.8) is 0 Å². The van der Waals surface area contributed by atoms with Gasteiger partial charge in [-0.2, -0.15) is 0 Å². The molecule has 14 heteroatoms. The van der Waals surface area contributed by atoms with Gasteiger partial charge in [-0.1, -0.05) is 46.2 Å². The molecule has 1 aliphatic rings. The van der Waals surface area contributed by atoms with Crippen LogP contribution in [0.15, 0.2) is 24.3 Å². The second-order valence-electron chi connectivity index (χ2n) is 11.8. The molecule has 46 heavy (non-hydrogen) atoms.